The Labute approximate surface area is 93.7 Å². The van der Waals surface area contributed by atoms with Crippen LogP contribution in [-0.2, 0) is 9.84 Å². The van der Waals surface area contributed by atoms with Crippen LogP contribution in [0.1, 0.15) is 0 Å². The Morgan fingerprint density at radius 3 is 2.67 bits per heavy atom. The molecule has 0 radical (unpaired) electrons. The Morgan fingerprint density at radius 2 is 2.07 bits per heavy atom. The third-order valence-electron chi connectivity index (χ3n) is 2.14. The van der Waals surface area contributed by atoms with E-state index in [2.05, 4.69) is 5.32 Å². The van der Waals surface area contributed by atoms with Crippen molar-refractivity contribution in [3.05, 3.63) is 40.8 Å². The Hall–Kier alpha value is -1.00. The van der Waals surface area contributed by atoms with Crippen molar-refractivity contribution in [3.63, 3.8) is 0 Å². The van der Waals surface area contributed by atoms with E-state index in [4.69, 9.17) is 11.6 Å². The van der Waals surface area contributed by atoms with Crippen LogP contribution >= 0.6 is 11.6 Å². The summed E-state index contributed by atoms with van der Waals surface area (Å²) in [5.74, 6) is 0.0955. The summed E-state index contributed by atoms with van der Waals surface area (Å²) in [6.07, 6.45) is 1.64. The molecule has 2 rings (SSSR count). The van der Waals surface area contributed by atoms with Crippen LogP contribution in [-0.4, -0.2) is 20.2 Å². The van der Waals surface area contributed by atoms with Crippen molar-refractivity contribution in [1.29, 1.82) is 0 Å². The fraction of sp³-hybridized carbons (Fsp3) is 0.200. The molecule has 15 heavy (non-hydrogen) atoms. The first-order valence-corrected chi connectivity index (χ1v) is 6.58. The van der Waals surface area contributed by atoms with Gasteiger partial charge in [0.2, 0.25) is 0 Å². The van der Waals surface area contributed by atoms with Gasteiger partial charge in [-0.3, -0.25) is 0 Å². The molecule has 1 aromatic carbocycles. The summed E-state index contributed by atoms with van der Waals surface area (Å²) in [6.45, 7) is 0. The van der Waals surface area contributed by atoms with Crippen LogP contribution in [0.4, 0.5) is 5.69 Å². The normalized spacial score (nSPS) is 22.9. The molecular formula is C10H10ClNO2S. The first-order chi connectivity index (χ1) is 7.07. The molecule has 0 saturated heterocycles. The third-order valence-corrected chi connectivity index (χ3v) is 3.87. The Morgan fingerprint density at radius 1 is 1.33 bits per heavy atom. The second kappa shape index (κ2) is 3.87. The van der Waals surface area contributed by atoms with Gasteiger partial charge in [-0.1, -0.05) is 29.8 Å². The molecule has 0 aliphatic carbocycles. The lowest BCUT2D eigenvalue weighted by Crippen LogP contribution is -2.20. The van der Waals surface area contributed by atoms with E-state index in [1.54, 1.807) is 12.1 Å². The molecule has 0 aromatic heterocycles. The maximum atomic E-state index is 11.2. The average molecular weight is 244 g/mol. The second-order valence-electron chi connectivity index (χ2n) is 3.39. The largest absolute Gasteiger partial charge is 0.377 e. The van der Waals surface area contributed by atoms with Crippen LogP contribution in [0.25, 0.3) is 0 Å². The van der Waals surface area contributed by atoms with Gasteiger partial charge in [-0.05, 0) is 12.1 Å². The smallest absolute Gasteiger partial charge is 0.173 e. The number of para-hydroxylation sites is 1. The highest BCUT2D eigenvalue weighted by atomic mass is 35.5. The van der Waals surface area contributed by atoms with Crippen LogP contribution in [0.3, 0.4) is 0 Å². The van der Waals surface area contributed by atoms with Gasteiger partial charge in [-0.25, -0.2) is 8.42 Å². The lowest BCUT2D eigenvalue weighted by Gasteiger charge is -2.12. The lowest BCUT2D eigenvalue weighted by molar-refractivity contribution is 0.605. The molecule has 0 saturated carbocycles. The van der Waals surface area contributed by atoms with Crippen LogP contribution in [0.5, 0.6) is 0 Å². The van der Waals surface area contributed by atoms with Crippen molar-refractivity contribution in [3.8, 4) is 0 Å². The molecule has 1 heterocycles. The van der Waals surface area contributed by atoms with Gasteiger partial charge in [0.1, 0.15) is 0 Å². The summed E-state index contributed by atoms with van der Waals surface area (Å²) in [4.78, 5) is 0. The van der Waals surface area contributed by atoms with E-state index in [-0.39, 0.29) is 11.8 Å². The molecular weight excluding hydrogens is 234 g/mol. The van der Waals surface area contributed by atoms with E-state index in [1.807, 2.05) is 18.2 Å². The molecule has 1 atom stereocenters. The predicted octanol–water partition coefficient (Wildman–Crippen LogP) is 2.06. The number of halogens is 1. The number of benzene rings is 1. The lowest BCUT2D eigenvalue weighted by atomic mass is 10.2. The summed E-state index contributed by atoms with van der Waals surface area (Å²) >= 11 is 5.94. The SMILES string of the molecule is O=S1(=O)C=CC(Nc2ccccc2Cl)C1. The van der Waals surface area contributed by atoms with Gasteiger partial charge < -0.3 is 5.32 Å². The van der Waals surface area contributed by atoms with Crippen molar-refractivity contribution in [2.24, 2.45) is 0 Å². The summed E-state index contributed by atoms with van der Waals surface area (Å²) in [7, 11) is -3.01. The van der Waals surface area contributed by atoms with Gasteiger partial charge in [0.25, 0.3) is 0 Å². The van der Waals surface area contributed by atoms with Crippen LogP contribution in [0, 0.1) is 0 Å². The van der Waals surface area contributed by atoms with E-state index < -0.39 is 9.84 Å². The van der Waals surface area contributed by atoms with Crippen LogP contribution < -0.4 is 5.32 Å². The highest BCUT2D eigenvalue weighted by Crippen LogP contribution is 2.23. The molecule has 1 N–H and O–H groups in total. The average Bonchev–Trinajstić information content (AvgIpc) is 2.50. The van der Waals surface area contributed by atoms with Crippen molar-refractivity contribution >= 4 is 27.1 Å². The molecule has 3 nitrogen and oxygen atoms in total. The minimum atomic E-state index is -3.01. The van der Waals surface area contributed by atoms with Gasteiger partial charge in [-0.15, -0.1) is 0 Å². The zero-order chi connectivity index (χ0) is 10.9. The minimum absolute atomic E-state index is 0.0955. The van der Waals surface area contributed by atoms with Crippen LogP contribution in [0.2, 0.25) is 5.02 Å². The Balaban J connectivity index is 2.12. The third kappa shape index (κ3) is 2.52. The zero-order valence-electron chi connectivity index (χ0n) is 7.85. The van der Waals surface area contributed by atoms with Gasteiger partial charge in [0.15, 0.2) is 9.84 Å². The minimum Gasteiger partial charge on any atom is -0.377 e. The second-order valence-corrected chi connectivity index (χ2v) is 5.73. The fourth-order valence-electron chi connectivity index (χ4n) is 1.44. The number of anilines is 1. The number of rotatable bonds is 2. The number of sulfone groups is 1. The molecule has 1 aliphatic heterocycles. The van der Waals surface area contributed by atoms with E-state index >= 15 is 0 Å². The zero-order valence-corrected chi connectivity index (χ0v) is 9.42. The number of hydrogen-bond acceptors (Lipinski definition) is 3. The van der Waals surface area contributed by atoms with E-state index in [1.165, 1.54) is 5.41 Å². The maximum Gasteiger partial charge on any atom is 0.173 e. The van der Waals surface area contributed by atoms with Gasteiger partial charge in [0, 0.05) is 5.41 Å². The molecule has 1 aromatic rings. The fourth-order valence-corrected chi connectivity index (χ4v) is 2.87. The maximum absolute atomic E-state index is 11.2. The van der Waals surface area contributed by atoms with Crippen molar-refractivity contribution < 1.29 is 8.42 Å². The topological polar surface area (TPSA) is 46.2 Å². The van der Waals surface area contributed by atoms with Crippen molar-refractivity contribution in [1.82, 2.24) is 0 Å². The van der Waals surface area contributed by atoms with Gasteiger partial charge in [-0.2, -0.15) is 0 Å². The highest BCUT2D eigenvalue weighted by Gasteiger charge is 2.21. The van der Waals surface area contributed by atoms with Gasteiger partial charge >= 0.3 is 0 Å². The molecule has 0 amide bonds. The summed E-state index contributed by atoms with van der Waals surface area (Å²) in [6, 6.07) is 7.07. The summed E-state index contributed by atoms with van der Waals surface area (Å²) in [5.41, 5.74) is 0.755. The number of nitrogens with one attached hydrogen (secondary N) is 1. The van der Waals surface area contributed by atoms with Crippen molar-refractivity contribution in [2.45, 2.75) is 6.04 Å². The molecule has 1 unspecified atom stereocenters. The monoisotopic (exact) mass is 243 g/mol. The molecule has 80 valence electrons. The Bertz CT molecular complexity index is 496. The Kier molecular flexibility index (Phi) is 2.71. The molecule has 0 spiro atoms. The standard InChI is InChI=1S/C10H10ClNO2S/c11-9-3-1-2-4-10(9)12-8-5-6-15(13,14)7-8/h1-6,8,12H,7H2. The van der Waals surface area contributed by atoms with E-state index in [0.29, 0.717) is 5.02 Å². The highest BCUT2D eigenvalue weighted by molar-refractivity contribution is 7.94. The summed E-state index contributed by atoms with van der Waals surface area (Å²) < 4.78 is 22.3. The first-order valence-electron chi connectivity index (χ1n) is 4.49. The van der Waals surface area contributed by atoms with Crippen LogP contribution in [0.15, 0.2) is 35.7 Å². The molecule has 5 heteroatoms. The van der Waals surface area contributed by atoms with E-state index in [9.17, 15) is 8.42 Å². The van der Waals surface area contributed by atoms with E-state index in [0.717, 1.165) is 5.69 Å². The van der Waals surface area contributed by atoms with Gasteiger partial charge in [0.05, 0.1) is 22.5 Å². The molecule has 0 bridgehead atoms. The molecule has 0 fully saturated rings. The summed E-state index contributed by atoms with van der Waals surface area (Å²) in [5, 5.41) is 4.90. The number of hydrogen-bond donors (Lipinski definition) is 1. The predicted molar refractivity (Wildman–Crippen MR) is 61.8 cm³/mol. The quantitative estimate of drug-likeness (QED) is 0.865. The molecule has 1 aliphatic rings. The van der Waals surface area contributed by atoms with Crippen molar-refractivity contribution in [2.75, 3.05) is 11.1 Å². The first kappa shape index (κ1) is 10.5.